The average Bonchev–Trinajstić information content (AvgIpc) is 2.25. The van der Waals surface area contributed by atoms with Gasteiger partial charge in [0.05, 0.1) is 24.1 Å². The van der Waals surface area contributed by atoms with E-state index in [9.17, 15) is 4.55 Å². The van der Waals surface area contributed by atoms with Gasteiger partial charge in [-0.3, -0.25) is 0 Å². The van der Waals surface area contributed by atoms with E-state index in [2.05, 4.69) is 32.0 Å². The van der Waals surface area contributed by atoms with E-state index in [0.29, 0.717) is 5.92 Å². The molecule has 2 rings (SSSR count). The smallest absolute Gasteiger partial charge is 0.121 e. The van der Waals surface area contributed by atoms with Crippen molar-refractivity contribution < 1.29 is 4.55 Å². The SMILES string of the molecule is CC(C)c1ccc(C2CCC2)cc1N(C)[S+](C)[O-]. The minimum absolute atomic E-state index is 0.460. The molecular weight excluding hydrogens is 242 g/mol. The summed E-state index contributed by atoms with van der Waals surface area (Å²) in [5.74, 6) is 1.19. The fourth-order valence-electron chi connectivity index (χ4n) is 2.46. The van der Waals surface area contributed by atoms with E-state index in [-0.39, 0.29) is 0 Å². The van der Waals surface area contributed by atoms with Crippen LogP contribution < -0.4 is 4.31 Å². The molecule has 3 heteroatoms. The summed E-state index contributed by atoms with van der Waals surface area (Å²) in [6, 6.07) is 6.73. The molecular formula is C15H23NOS. The van der Waals surface area contributed by atoms with E-state index in [4.69, 9.17) is 0 Å². The Balaban J connectivity index is 2.37. The summed E-state index contributed by atoms with van der Waals surface area (Å²) in [5, 5.41) is 0. The molecule has 0 bridgehead atoms. The molecule has 1 atom stereocenters. The van der Waals surface area contributed by atoms with Crippen LogP contribution in [0.25, 0.3) is 0 Å². The first-order valence-electron chi connectivity index (χ1n) is 6.71. The lowest BCUT2D eigenvalue weighted by Crippen LogP contribution is -2.26. The summed E-state index contributed by atoms with van der Waals surface area (Å²) in [5.41, 5.74) is 3.84. The molecule has 1 aromatic carbocycles. The number of rotatable bonds is 4. The molecule has 0 radical (unpaired) electrons. The van der Waals surface area contributed by atoms with Crippen molar-refractivity contribution in [1.82, 2.24) is 0 Å². The molecule has 0 aromatic heterocycles. The maximum Gasteiger partial charge on any atom is 0.121 e. The van der Waals surface area contributed by atoms with Crippen molar-refractivity contribution in [2.24, 2.45) is 0 Å². The van der Waals surface area contributed by atoms with Gasteiger partial charge in [0.15, 0.2) is 0 Å². The minimum atomic E-state index is -0.960. The molecule has 1 unspecified atom stereocenters. The van der Waals surface area contributed by atoms with Crippen LogP contribution in [0, 0.1) is 0 Å². The normalized spacial score (nSPS) is 17.7. The summed E-state index contributed by atoms with van der Waals surface area (Å²) in [6.45, 7) is 4.38. The minimum Gasteiger partial charge on any atom is -0.593 e. The highest BCUT2D eigenvalue weighted by Gasteiger charge is 2.23. The first-order valence-corrected chi connectivity index (χ1v) is 8.23. The van der Waals surface area contributed by atoms with E-state index in [1.165, 1.54) is 30.4 Å². The van der Waals surface area contributed by atoms with Gasteiger partial charge in [-0.2, -0.15) is 4.31 Å². The molecule has 18 heavy (non-hydrogen) atoms. The third-order valence-electron chi connectivity index (χ3n) is 3.98. The highest BCUT2D eigenvalue weighted by atomic mass is 32.2. The van der Waals surface area contributed by atoms with E-state index >= 15 is 0 Å². The molecule has 0 saturated heterocycles. The third-order valence-corrected chi connectivity index (χ3v) is 4.95. The molecule has 1 aliphatic rings. The Morgan fingerprint density at radius 2 is 2.00 bits per heavy atom. The Morgan fingerprint density at radius 1 is 1.33 bits per heavy atom. The molecule has 0 spiro atoms. The first kappa shape index (κ1) is 13.8. The summed E-state index contributed by atoms with van der Waals surface area (Å²) in [7, 11) is 1.92. The fraction of sp³-hybridized carbons (Fsp3) is 0.600. The van der Waals surface area contributed by atoms with Crippen LogP contribution in [-0.2, 0) is 11.4 Å². The monoisotopic (exact) mass is 265 g/mol. The molecule has 0 aliphatic heterocycles. The number of hydrogen-bond donors (Lipinski definition) is 0. The zero-order valence-electron chi connectivity index (χ0n) is 11.8. The van der Waals surface area contributed by atoms with Crippen LogP contribution >= 0.6 is 0 Å². The van der Waals surface area contributed by atoms with Gasteiger partial charge >= 0.3 is 0 Å². The van der Waals surface area contributed by atoms with Crippen molar-refractivity contribution >= 4 is 17.0 Å². The molecule has 0 heterocycles. The van der Waals surface area contributed by atoms with Gasteiger partial charge in [-0.1, -0.05) is 32.4 Å². The van der Waals surface area contributed by atoms with Gasteiger partial charge < -0.3 is 4.55 Å². The molecule has 1 aromatic rings. The van der Waals surface area contributed by atoms with Crippen LogP contribution in [0.1, 0.15) is 56.1 Å². The van der Waals surface area contributed by atoms with Crippen molar-refractivity contribution in [3.05, 3.63) is 29.3 Å². The van der Waals surface area contributed by atoms with Crippen molar-refractivity contribution in [2.45, 2.75) is 44.9 Å². The van der Waals surface area contributed by atoms with E-state index < -0.39 is 11.4 Å². The summed E-state index contributed by atoms with van der Waals surface area (Å²) in [6.07, 6.45) is 5.69. The lowest BCUT2D eigenvalue weighted by atomic mass is 9.79. The topological polar surface area (TPSA) is 26.3 Å². The largest absolute Gasteiger partial charge is 0.593 e. The Kier molecular flexibility index (Phi) is 4.23. The molecule has 1 aliphatic carbocycles. The van der Waals surface area contributed by atoms with Crippen LogP contribution in [-0.4, -0.2) is 17.9 Å². The second-order valence-corrected chi connectivity index (χ2v) is 6.92. The molecule has 0 N–H and O–H groups in total. The zero-order valence-corrected chi connectivity index (χ0v) is 12.6. The van der Waals surface area contributed by atoms with Gasteiger partial charge in [0.2, 0.25) is 0 Å². The Labute approximate surface area is 114 Å². The quantitative estimate of drug-likeness (QED) is 0.774. The Bertz CT molecular complexity index is 413. The highest BCUT2D eigenvalue weighted by molar-refractivity contribution is 7.92. The Morgan fingerprint density at radius 3 is 2.44 bits per heavy atom. The summed E-state index contributed by atoms with van der Waals surface area (Å²) >= 11 is -0.960. The molecule has 1 saturated carbocycles. The summed E-state index contributed by atoms with van der Waals surface area (Å²) < 4.78 is 13.6. The third kappa shape index (κ3) is 2.67. The fourth-order valence-corrected chi connectivity index (χ4v) is 2.89. The molecule has 0 amide bonds. The maximum atomic E-state index is 11.7. The molecule has 1 fully saturated rings. The van der Waals surface area contributed by atoms with Gasteiger partial charge in [0.1, 0.15) is 6.26 Å². The van der Waals surface area contributed by atoms with Crippen LogP contribution in [0.2, 0.25) is 0 Å². The maximum absolute atomic E-state index is 11.7. The van der Waals surface area contributed by atoms with Gasteiger partial charge in [0, 0.05) is 0 Å². The number of anilines is 1. The van der Waals surface area contributed by atoms with Crippen LogP contribution in [0.15, 0.2) is 18.2 Å². The number of nitrogens with zero attached hydrogens (tertiary/aromatic N) is 1. The highest BCUT2D eigenvalue weighted by Crippen LogP contribution is 2.39. The summed E-state index contributed by atoms with van der Waals surface area (Å²) in [4.78, 5) is 0. The van der Waals surface area contributed by atoms with Crippen molar-refractivity contribution in [3.8, 4) is 0 Å². The van der Waals surface area contributed by atoms with Crippen molar-refractivity contribution in [1.29, 1.82) is 0 Å². The number of hydrogen-bond acceptors (Lipinski definition) is 2. The van der Waals surface area contributed by atoms with Crippen LogP contribution in [0.4, 0.5) is 5.69 Å². The molecule has 2 nitrogen and oxygen atoms in total. The average molecular weight is 265 g/mol. The van der Waals surface area contributed by atoms with Crippen molar-refractivity contribution in [3.63, 3.8) is 0 Å². The van der Waals surface area contributed by atoms with Gasteiger partial charge in [-0.15, -0.1) is 0 Å². The second-order valence-electron chi connectivity index (χ2n) is 5.52. The lowest BCUT2D eigenvalue weighted by Gasteiger charge is -2.29. The van der Waals surface area contributed by atoms with Crippen molar-refractivity contribution in [2.75, 3.05) is 17.6 Å². The number of benzene rings is 1. The lowest BCUT2D eigenvalue weighted by molar-refractivity contribution is 0.420. The predicted molar refractivity (Wildman–Crippen MR) is 79.6 cm³/mol. The standard InChI is InChI=1S/C15H23NOS/c1-11(2)14-9-8-13(12-6-5-7-12)10-15(14)16(3)18(4)17/h8-12H,5-7H2,1-4H3. The van der Waals surface area contributed by atoms with Gasteiger partial charge in [-0.25, -0.2) is 0 Å². The second kappa shape index (κ2) is 5.54. The van der Waals surface area contributed by atoms with E-state index in [1.54, 1.807) is 6.26 Å². The van der Waals surface area contributed by atoms with Gasteiger partial charge in [-0.05, 0) is 41.9 Å². The van der Waals surface area contributed by atoms with Crippen LogP contribution in [0.5, 0.6) is 0 Å². The van der Waals surface area contributed by atoms with E-state index in [0.717, 1.165) is 11.6 Å². The zero-order chi connectivity index (χ0) is 13.3. The predicted octanol–water partition coefficient (Wildman–Crippen LogP) is 3.81. The Hall–Kier alpha value is -0.670. The molecule has 100 valence electrons. The van der Waals surface area contributed by atoms with Crippen LogP contribution in [0.3, 0.4) is 0 Å². The van der Waals surface area contributed by atoms with E-state index in [1.807, 2.05) is 11.4 Å². The van der Waals surface area contributed by atoms with Gasteiger partial charge in [0.25, 0.3) is 0 Å². The first-order chi connectivity index (χ1) is 8.50.